The number of aromatic hydroxyl groups is 1. The number of aliphatic hydroxyl groups excluding tert-OH is 1. The monoisotopic (exact) mass is 835 g/mol. The summed E-state index contributed by atoms with van der Waals surface area (Å²) in [6.07, 6.45) is -4.63. The van der Waals surface area contributed by atoms with Crippen molar-refractivity contribution in [1.29, 1.82) is 0 Å². The first-order chi connectivity index (χ1) is 28.4. The number of fused-ring (bicyclic) bond motifs is 1. The number of rotatable bonds is 12. The highest BCUT2D eigenvalue weighted by Gasteiger charge is 2.29. The third kappa shape index (κ3) is 12.6. The average Bonchev–Trinajstić information content (AvgIpc) is 3.20. The zero-order valence-corrected chi connectivity index (χ0v) is 32.8. The van der Waals surface area contributed by atoms with Crippen LogP contribution in [0.15, 0.2) is 95.8 Å². The number of ether oxygens (including phenoxy) is 1. The summed E-state index contributed by atoms with van der Waals surface area (Å²) in [5.74, 6) is -4.03. The second-order valence-electron chi connectivity index (χ2n) is 14.9. The topological polar surface area (TPSA) is 193 Å². The minimum Gasteiger partial charge on any atom is -0.542 e. The van der Waals surface area contributed by atoms with E-state index in [1.807, 2.05) is 48.5 Å². The van der Waals surface area contributed by atoms with E-state index in [9.17, 15) is 37.8 Å². The number of H-pyrrole nitrogens is 1. The molecule has 1 aromatic heterocycles. The van der Waals surface area contributed by atoms with Crippen molar-refractivity contribution in [1.82, 2.24) is 10.3 Å². The van der Waals surface area contributed by atoms with Crippen molar-refractivity contribution in [3.63, 3.8) is 0 Å². The highest BCUT2D eigenvalue weighted by Crippen LogP contribution is 2.31. The number of nitrogens with zero attached hydrogens (tertiary/aromatic N) is 1. The number of aryl methyl sites for hydroxylation is 1. The van der Waals surface area contributed by atoms with Crippen LogP contribution in [0.4, 0.5) is 33.7 Å². The number of aromatic nitrogens is 1. The Morgan fingerprint density at radius 1 is 0.917 bits per heavy atom. The molecule has 4 aromatic carbocycles. The fraction of sp³-hybridized carbons (Fsp3) is 0.302. The largest absolute Gasteiger partial charge is 0.542 e. The highest BCUT2D eigenvalue weighted by molar-refractivity contribution is 5.93. The number of phenolic OH excluding ortho intramolecular Hbond substituents is 1. The molecule has 0 aliphatic carbocycles. The van der Waals surface area contributed by atoms with Crippen molar-refractivity contribution in [2.45, 2.75) is 50.6 Å². The lowest BCUT2D eigenvalue weighted by molar-refractivity contribution is -0.896. The van der Waals surface area contributed by atoms with E-state index >= 15 is 4.39 Å². The van der Waals surface area contributed by atoms with Gasteiger partial charge in [-0.15, -0.1) is 0 Å². The van der Waals surface area contributed by atoms with Gasteiger partial charge >= 0.3 is 12.3 Å². The van der Waals surface area contributed by atoms with Gasteiger partial charge in [-0.1, -0.05) is 48.5 Å². The number of aliphatic hydroxyl groups is 1. The number of quaternary nitrogens is 1. The number of amides is 2. The second-order valence-corrected chi connectivity index (χ2v) is 14.9. The molecule has 6 rings (SSSR count). The number of carboxylic acids is 1. The van der Waals surface area contributed by atoms with Crippen LogP contribution in [0.5, 0.6) is 5.75 Å². The van der Waals surface area contributed by atoms with Crippen molar-refractivity contribution in [2.75, 3.05) is 44.4 Å². The van der Waals surface area contributed by atoms with Crippen LogP contribution >= 0.6 is 0 Å². The Morgan fingerprint density at radius 2 is 1.58 bits per heavy atom. The van der Waals surface area contributed by atoms with Gasteiger partial charge in [0.1, 0.15) is 23.6 Å². The maximum atomic E-state index is 15.1. The zero-order valence-electron chi connectivity index (χ0n) is 32.8. The number of aromatic amines is 1. The number of likely N-dealkylation sites (tertiary alicyclic amines) is 1. The number of alkyl halides is 3. The SMILES string of the molecule is C[N+]1(C)CCC(OC(=O)Nc2ccc(CCC(=O)Nc3ccc(CNC[C@H](O)c4ccc(O)c5[nH]c(=O)ccc45)cc3F)cc2-c2ccccc2)CC1.O=C([O-])C(F)(F)F. The highest BCUT2D eigenvalue weighted by atomic mass is 19.4. The van der Waals surface area contributed by atoms with Gasteiger partial charge in [-0.25, -0.2) is 9.18 Å². The normalized spacial score (nSPS) is 14.4. The fourth-order valence-electron chi connectivity index (χ4n) is 6.62. The number of benzene rings is 4. The van der Waals surface area contributed by atoms with E-state index in [2.05, 4.69) is 35.0 Å². The lowest BCUT2D eigenvalue weighted by atomic mass is 9.99. The quantitative estimate of drug-likeness (QED) is 0.0694. The molecule has 5 aromatic rings. The van der Waals surface area contributed by atoms with Crippen molar-refractivity contribution in [3.8, 4) is 16.9 Å². The van der Waals surface area contributed by atoms with Crippen molar-refractivity contribution >= 4 is 40.2 Å². The van der Waals surface area contributed by atoms with Crippen LogP contribution in [-0.4, -0.2) is 83.7 Å². The van der Waals surface area contributed by atoms with E-state index < -0.39 is 30.2 Å². The van der Waals surface area contributed by atoms with Gasteiger partial charge in [-0.2, -0.15) is 13.2 Å². The van der Waals surface area contributed by atoms with Crippen molar-refractivity contribution in [2.24, 2.45) is 0 Å². The van der Waals surface area contributed by atoms with Gasteiger partial charge < -0.3 is 45.0 Å². The number of carboxylic acid groups (broad SMARTS) is 1. The number of pyridine rings is 1. The molecular formula is C43H45F4N5O8. The van der Waals surface area contributed by atoms with Gasteiger partial charge in [0.25, 0.3) is 0 Å². The first-order valence-corrected chi connectivity index (χ1v) is 19.0. The predicted octanol–water partition coefficient (Wildman–Crippen LogP) is 5.52. The molecule has 1 fully saturated rings. The van der Waals surface area contributed by atoms with Gasteiger partial charge in [0.15, 0.2) is 0 Å². The third-order valence-electron chi connectivity index (χ3n) is 9.90. The van der Waals surface area contributed by atoms with Gasteiger partial charge in [0.05, 0.1) is 50.2 Å². The summed E-state index contributed by atoms with van der Waals surface area (Å²) < 4.78 is 53.3. The third-order valence-corrected chi connectivity index (χ3v) is 9.90. The molecule has 318 valence electrons. The Bertz CT molecular complexity index is 2360. The molecule has 0 radical (unpaired) electrons. The number of piperidine rings is 1. The van der Waals surface area contributed by atoms with Crippen molar-refractivity contribution < 1.29 is 56.5 Å². The minimum absolute atomic E-state index is 0.0619. The summed E-state index contributed by atoms with van der Waals surface area (Å²) in [4.78, 5) is 48.8. The van der Waals surface area contributed by atoms with E-state index in [4.69, 9.17) is 14.6 Å². The molecule has 60 heavy (non-hydrogen) atoms. The lowest BCUT2D eigenvalue weighted by Gasteiger charge is -2.36. The summed E-state index contributed by atoms with van der Waals surface area (Å²) in [6, 6.07) is 25.7. The average molecular weight is 836 g/mol. The first-order valence-electron chi connectivity index (χ1n) is 19.0. The molecular weight excluding hydrogens is 790 g/mol. The van der Waals surface area contributed by atoms with Gasteiger partial charge in [-0.3, -0.25) is 14.9 Å². The molecule has 1 saturated heterocycles. The minimum atomic E-state index is -5.19. The van der Waals surface area contributed by atoms with Gasteiger partial charge in [-0.05, 0) is 65.1 Å². The Hall–Kier alpha value is -6.30. The molecule has 0 unspecified atom stereocenters. The molecule has 6 N–H and O–H groups in total. The number of carbonyl (C=O) groups excluding carboxylic acids is 3. The maximum Gasteiger partial charge on any atom is 0.430 e. The van der Waals surface area contributed by atoms with E-state index in [1.165, 1.54) is 24.3 Å². The molecule has 2 heterocycles. The Balaban J connectivity index is 0.000000896. The van der Waals surface area contributed by atoms with E-state index in [0.717, 1.165) is 47.1 Å². The number of anilines is 2. The molecule has 2 amide bonds. The fourth-order valence-corrected chi connectivity index (χ4v) is 6.62. The molecule has 0 saturated carbocycles. The molecule has 0 spiro atoms. The molecule has 13 nitrogen and oxygen atoms in total. The van der Waals surface area contributed by atoms with E-state index in [1.54, 1.807) is 18.2 Å². The molecule has 1 atom stereocenters. The summed E-state index contributed by atoms with van der Waals surface area (Å²) in [7, 11) is 4.35. The van der Waals surface area contributed by atoms with Gasteiger partial charge in [0, 0.05) is 49.4 Å². The second kappa shape index (κ2) is 19.6. The van der Waals surface area contributed by atoms with Crippen LogP contribution in [0.25, 0.3) is 22.0 Å². The molecule has 17 heteroatoms. The van der Waals surface area contributed by atoms with Crippen LogP contribution in [-0.2, 0) is 27.3 Å². The number of nitrogens with one attached hydrogen (secondary N) is 4. The van der Waals surface area contributed by atoms with Crippen molar-refractivity contribution in [3.05, 3.63) is 124 Å². The zero-order chi connectivity index (χ0) is 43.6. The van der Waals surface area contributed by atoms with Crippen LogP contribution < -0.4 is 26.6 Å². The molecule has 0 bridgehead atoms. The Kier molecular flexibility index (Phi) is 14.7. The number of hydrogen-bond donors (Lipinski definition) is 6. The summed E-state index contributed by atoms with van der Waals surface area (Å²) >= 11 is 0. The van der Waals surface area contributed by atoms with Crippen LogP contribution in [0.2, 0.25) is 0 Å². The lowest BCUT2D eigenvalue weighted by Crippen LogP contribution is -2.48. The Labute approximate surface area is 342 Å². The maximum absolute atomic E-state index is 15.1. The summed E-state index contributed by atoms with van der Waals surface area (Å²) in [5, 5.41) is 38.9. The van der Waals surface area contributed by atoms with E-state index in [0.29, 0.717) is 28.6 Å². The van der Waals surface area contributed by atoms with Gasteiger partial charge in [0.2, 0.25) is 11.5 Å². The van der Waals surface area contributed by atoms with Crippen LogP contribution in [0, 0.1) is 5.82 Å². The number of hydrogen-bond acceptors (Lipinski definition) is 9. The van der Waals surface area contributed by atoms with E-state index in [-0.39, 0.29) is 54.0 Å². The Morgan fingerprint density at radius 3 is 2.25 bits per heavy atom. The first kappa shape index (κ1) is 44.8. The number of phenols is 1. The van der Waals surface area contributed by atoms with Crippen LogP contribution in [0.1, 0.15) is 42.1 Å². The standard InChI is InChI=1S/C41H44FN5O6.C2HF3O2/c1-47(2)20-18-29(19-21-47)53-41(52)45-34-13-8-26(22-32(34)28-6-4-3-5-7-28)10-16-38(50)44-35-14-9-27(23-33(35)42)24-43-25-37(49)30-11-15-36(48)40-31(30)12-17-39(51)46-40;3-2(4,5)1(6)7/h3-9,11-15,17,22-23,29,37,43,49H,10,16,18-21,24-25H2,1-2H3,(H3-,44,45,46,48,50,51,52);(H,6,7)/t37-;/m0./s1. The molecule has 1 aliphatic heterocycles. The predicted molar refractivity (Wildman–Crippen MR) is 214 cm³/mol. The molecule has 1 aliphatic rings. The smallest absolute Gasteiger partial charge is 0.430 e. The number of carbonyl (C=O) groups is 3. The summed E-state index contributed by atoms with van der Waals surface area (Å²) in [5.41, 5.74) is 4.27. The number of aliphatic carboxylic acids is 1. The summed E-state index contributed by atoms with van der Waals surface area (Å²) in [6.45, 7) is 2.28. The number of halogens is 4. The van der Waals surface area contributed by atoms with Crippen LogP contribution in [0.3, 0.4) is 0 Å².